The van der Waals surface area contributed by atoms with E-state index in [0.29, 0.717) is 31.6 Å². The fraction of sp³-hybridized carbons (Fsp3) is 0.714. The summed E-state index contributed by atoms with van der Waals surface area (Å²) in [7, 11) is 1.75. The minimum Gasteiger partial charge on any atom is -0.381 e. The third-order valence-electron chi connectivity index (χ3n) is 3.68. The monoisotopic (exact) mass is 313 g/mol. The fourth-order valence-corrected chi connectivity index (χ4v) is 2.56. The minimum absolute atomic E-state index is 0.0872. The van der Waals surface area contributed by atoms with E-state index < -0.39 is 0 Å². The molecule has 7 heteroatoms. The standard InChI is InChI=1S/C14H23N3O3S/c1-19-13-2-4-16(5-3-13)12-10-14(18)17(15-11-12)6-7-20-8-9-21/h10-11,13,21H,2-9H2,1H3. The summed E-state index contributed by atoms with van der Waals surface area (Å²) in [6, 6.07) is 1.65. The van der Waals surface area contributed by atoms with Gasteiger partial charge in [-0.2, -0.15) is 17.7 Å². The van der Waals surface area contributed by atoms with Gasteiger partial charge in [-0.3, -0.25) is 4.79 Å². The summed E-state index contributed by atoms with van der Waals surface area (Å²) in [5.74, 6) is 0.679. The van der Waals surface area contributed by atoms with Gasteiger partial charge >= 0.3 is 0 Å². The normalized spacial score (nSPS) is 16.4. The molecule has 0 atom stereocenters. The number of thiol groups is 1. The van der Waals surface area contributed by atoms with Crippen molar-refractivity contribution in [3.8, 4) is 0 Å². The van der Waals surface area contributed by atoms with Crippen molar-refractivity contribution in [1.82, 2.24) is 9.78 Å². The Morgan fingerprint density at radius 1 is 1.38 bits per heavy atom. The van der Waals surface area contributed by atoms with Gasteiger partial charge in [-0.1, -0.05) is 0 Å². The molecule has 0 amide bonds. The highest BCUT2D eigenvalue weighted by molar-refractivity contribution is 7.80. The van der Waals surface area contributed by atoms with Crippen molar-refractivity contribution >= 4 is 18.3 Å². The molecular formula is C14H23N3O3S. The second-order valence-corrected chi connectivity index (χ2v) is 5.48. The van der Waals surface area contributed by atoms with Crippen LogP contribution >= 0.6 is 12.6 Å². The molecular weight excluding hydrogens is 290 g/mol. The van der Waals surface area contributed by atoms with Crippen LogP contribution in [0.15, 0.2) is 17.1 Å². The number of rotatable bonds is 7. The van der Waals surface area contributed by atoms with E-state index in [1.165, 1.54) is 4.68 Å². The van der Waals surface area contributed by atoms with Crippen LogP contribution in [0.1, 0.15) is 12.8 Å². The van der Waals surface area contributed by atoms with Gasteiger partial charge < -0.3 is 14.4 Å². The Bertz CT molecular complexity index is 487. The molecule has 0 spiro atoms. The highest BCUT2D eigenvalue weighted by Crippen LogP contribution is 2.18. The van der Waals surface area contributed by atoms with Crippen molar-refractivity contribution in [2.24, 2.45) is 0 Å². The van der Waals surface area contributed by atoms with E-state index in [1.807, 2.05) is 0 Å². The van der Waals surface area contributed by atoms with Gasteiger partial charge in [0.05, 0.1) is 37.7 Å². The van der Waals surface area contributed by atoms with Gasteiger partial charge in [0.2, 0.25) is 0 Å². The first-order valence-corrected chi connectivity index (χ1v) is 7.91. The maximum absolute atomic E-state index is 12.0. The molecule has 0 unspecified atom stereocenters. The van der Waals surface area contributed by atoms with Gasteiger partial charge in [-0.15, -0.1) is 0 Å². The van der Waals surface area contributed by atoms with Gasteiger partial charge in [0.1, 0.15) is 0 Å². The van der Waals surface area contributed by atoms with Crippen LogP contribution in [0.3, 0.4) is 0 Å². The molecule has 0 N–H and O–H groups in total. The molecule has 0 aromatic carbocycles. The molecule has 2 rings (SSSR count). The first kappa shape index (κ1) is 16.3. The number of hydrogen-bond acceptors (Lipinski definition) is 6. The maximum Gasteiger partial charge on any atom is 0.268 e. The van der Waals surface area contributed by atoms with Crippen LogP contribution in [0.2, 0.25) is 0 Å². The Balaban J connectivity index is 1.91. The molecule has 0 radical (unpaired) electrons. The van der Waals surface area contributed by atoms with E-state index in [1.54, 1.807) is 19.4 Å². The molecule has 1 aliphatic rings. The highest BCUT2D eigenvalue weighted by atomic mass is 32.1. The second kappa shape index (κ2) is 8.41. The predicted octanol–water partition coefficient (Wildman–Crippen LogP) is 0.805. The maximum atomic E-state index is 12.0. The van der Waals surface area contributed by atoms with E-state index in [2.05, 4.69) is 22.6 Å². The van der Waals surface area contributed by atoms with Crippen LogP contribution in [0.25, 0.3) is 0 Å². The first-order chi connectivity index (χ1) is 10.2. The zero-order valence-electron chi connectivity index (χ0n) is 12.4. The lowest BCUT2D eigenvalue weighted by molar-refractivity contribution is 0.0819. The zero-order chi connectivity index (χ0) is 15.1. The van der Waals surface area contributed by atoms with Crippen LogP contribution in [0.4, 0.5) is 5.69 Å². The summed E-state index contributed by atoms with van der Waals surface area (Å²) in [4.78, 5) is 14.2. The number of nitrogens with zero attached hydrogens (tertiary/aromatic N) is 3. The number of ether oxygens (including phenoxy) is 2. The van der Waals surface area contributed by atoms with E-state index in [-0.39, 0.29) is 5.56 Å². The summed E-state index contributed by atoms with van der Waals surface area (Å²) in [5.41, 5.74) is 0.804. The number of hydrogen-bond donors (Lipinski definition) is 1. The van der Waals surface area contributed by atoms with Crippen molar-refractivity contribution in [2.75, 3.05) is 44.1 Å². The van der Waals surface area contributed by atoms with Gasteiger partial charge in [0.15, 0.2) is 0 Å². The zero-order valence-corrected chi connectivity index (χ0v) is 13.3. The Morgan fingerprint density at radius 3 is 2.76 bits per heavy atom. The SMILES string of the molecule is COC1CCN(c2cnn(CCOCCS)c(=O)c2)CC1. The number of methoxy groups -OCH3 is 1. The Kier molecular flexibility index (Phi) is 6.53. The molecule has 1 aromatic heterocycles. The third kappa shape index (κ3) is 4.72. The number of aromatic nitrogens is 2. The largest absolute Gasteiger partial charge is 0.381 e. The lowest BCUT2D eigenvalue weighted by atomic mass is 10.1. The molecule has 0 aliphatic carbocycles. The van der Waals surface area contributed by atoms with Crippen LogP contribution < -0.4 is 10.5 Å². The van der Waals surface area contributed by atoms with Crippen molar-refractivity contribution in [3.63, 3.8) is 0 Å². The molecule has 0 bridgehead atoms. The average Bonchev–Trinajstić information content (AvgIpc) is 2.53. The topological polar surface area (TPSA) is 56.6 Å². The quantitative estimate of drug-likeness (QED) is 0.596. The Morgan fingerprint density at radius 2 is 2.14 bits per heavy atom. The minimum atomic E-state index is -0.0872. The van der Waals surface area contributed by atoms with Crippen LogP contribution in [-0.2, 0) is 16.0 Å². The predicted molar refractivity (Wildman–Crippen MR) is 85.4 cm³/mol. The number of anilines is 1. The third-order valence-corrected chi connectivity index (χ3v) is 3.86. The lowest BCUT2D eigenvalue weighted by Crippen LogP contribution is -2.37. The molecule has 0 saturated carbocycles. The van der Waals surface area contributed by atoms with Crippen LogP contribution in [-0.4, -0.2) is 55.1 Å². The van der Waals surface area contributed by atoms with Gasteiger partial charge in [0.25, 0.3) is 5.56 Å². The van der Waals surface area contributed by atoms with Crippen molar-refractivity contribution in [1.29, 1.82) is 0 Å². The van der Waals surface area contributed by atoms with Gasteiger partial charge in [-0.05, 0) is 12.8 Å². The summed E-state index contributed by atoms with van der Waals surface area (Å²) < 4.78 is 12.1. The van der Waals surface area contributed by atoms with Crippen LogP contribution in [0, 0.1) is 0 Å². The Labute approximate surface area is 130 Å². The molecule has 2 heterocycles. The Hall–Kier alpha value is -1.05. The summed E-state index contributed by atoms with van der Waals surface area (Å²) in [6.07, 6.45) is 4.06. The average molecular weight is 313 g/mol. The summed E-state index contributed by atoms with van der Waals surface area (Å²) in [6.45, 7) is 3.33. The molecule has 1 saturated heterocycles. The molecule has 1 aliphatic heterocycles. The molecule has 1 aromatic rings. The first-order valence-electron chi connectivity index (χ1n) is 7.28. The van der Waals surface area contributed by atoms with E-state index in [4.69, 9.17) is 9.47 Å². The van der Waals surface area contributed by atoms with E-state index >= 15 is 0 Å². The van der Waals surface area contributed by atoms with Crippen LogP contribution in [0.5, 0.6) is 0 Å². The van der Waals surface area contributed by atoms with E-state index in [0.717, 1.165) is 31.6 Å². The summed E-state index contributed by atoms with van der Waals surface area (Å²) >= 11 is 4.06. The lowest BCUT2D eigenvalue weighted by Gasteiger charge is -2.32. The molecule has 118 valence electrons. The van der Waals surface area contributed by atoms with Crippen molar-refractivity contribution in [3.05, 3.63) is 22.6 Å². The number of piperidine rings is 1. The highest BCUT2D eigenvalue weighted by Gasteiger charge is 2.19. The van der Waals surface area contributed by atoms with Crippen molar-refractivity contribution in [2.45, 2.75) is 25.5 Å². The van der Waals surface area contributed by atoms with Gasteiger partial charge in [0, 0.05) is 32.0 Å². The molecule has 6 nitrogen and oxygen atoms in total. The second-order valence-electron chi connectivity index (χ2n) is 5.03. The fourth-order valence-electron chi connectivity index (χ4n) is 2.43. The van der Waals surface area contributed by atoms with Gasteiger partial charge in [-0.25, -0.2) is 4.68 Å². The molecule has 21 heavy (non-hydrogen) atoms. The van der Waals surface area contributed by atoms with E-state index in [9.17, 15) is 4.79 Å². The summed E-state index contributed by atoms with van der Waals surface area (Å²) in [5, 5.41) is 4.22. The smallest absolute Gasteiger partial charge is 0.268 e. The van der Waals surface area contributed by atoms with Crippen molar-refractivity contribution < 1.29 is 9.47 Å². The molecule has 1 fully saturated rings.